The molecule has 4 rings (SSSR count). The maximum Gasteiger partial charge on any atom is 0.326 e. The lowest BCUT2D eigenvalue weighted by atomic mass is 10.1. The molecule has 236 valence electrons. The van der Waals surface area contributed by atoms with Crippen LogP contribution in [0.4, 0.5) is 23.5 Å². The van der Waals surface area contributed by atoms with Crippen LogP contribution in [0.25, 0.3) is 0 Å². The average molecular weight is 616 g/mol. The number of anilines is 4. The van der Waals surface area contributed by atoms with Crippen LogP contribution < -0.4 is 26.0 Å². The molecule has 13 heteroatoms. The van der Waals surface area contributed by atoms with Crippen molar-refractivity contribution < 1.29 is 28.9 Å². The maximum absolute atomic E-state index is 12.1. The number of benzene rings is 3. The molecule has 0 aliphatic carbocycles. The second-order valence-corrected chi connectivity index (χ2v) is 9.66. The van der Waals surface area contributed by atoms with Gasteiger partial charge >= 0.3 is 5.97 Å². The number of nitrogens with zero attached hydrogens (tertiary/aromatic N) is 3. The molecule has 0 spiro atoms. The van der Waals surface area contributed by atoms with Crippen molar-refractivity contribution in [3.63, 3.8) is 0 Å². The summed E-state index contributed by atoms with van der Waals surface area (Å²) in [7, 11) is 1.59. The highest BCUT2D eigenvalue weighted by molar-refractivity contribution is 5.94. The molecule has 4 aromatic rings. The smallest absolute Gasteiger partial charge is 0.326 e. The van der Waals surface area contributed by atoms with Crippen LogP contribution >= 0.6 is 0 Å². The van der Waals surface area contributed by atoms with Gasteiger partial charge in [0.05, 0.1) is 33.5 Å². The van der Waals surface area contributed by atoms with Gasteiger partial charge in [0, 0.05) is 30.8 Å². The Hall–Kier alpha value is -5.27. The van der Waals surface area contributed by atoms with E-state index in [0.29, 0.717) is 56.5 Å². The normalized spacial score (nSPS) is 11.3. The molecule has 1 heterocycles. The van der Waals surface area contributed by atoms with Gasteiger partial charge < -0.3 is 40.6 Å². The SMILES string of the molecule is COc1ccc(Nc2nc(NCCOCCOCCNC(=O)c3ccccc3)nc(N[C@@H](Cc3ccccc3)C(=O)O)n2)cc1. The predicted octanol–water partition coefficient (Wildman–Crippen LogP) is 3.61. The van der Waals surface area contributed by atoms with Gasteiger partial charge in [-0.05, 0) is 42.0 Å². The number of aliphatic carboxylic acids is 1. The fraction of sp³-hybridized carbons (Fsp3) is 0.281. The topological polar surface area (TPSA) is 169 Å². The number of methoxy groups -OCH3 is 1. The van der Waals surface area contributed by atoms with Crippen molar-refractivity contribution in [1.82, 2.24) is 20.3 Å². The highest BCUT2D eigenvalue weighted by Gasteiger charge is 2.20. The number of carbonyl (C=O) groups excluding carboxylic acids is 1. The number of hydrogen-bond acceptors (Lipinski definition) is 11. The van der Waals surface area contributed by atoms with Gasteiger partial charge in [-0.2, -0.15) is 15.0 Å². The largest absolute Gasteiger partial charge is 0.497 e. The predicted molar refractivity (Wildman–Crippen MR) is 170 cm³/mol. The molecule has 0 radical (unpaired) electrons. The molecule has 0 saturated heterocycles. The fourth-order valence-electron chi connectivity index (χ4n) is 4.07. The third-order valence-electron chi connectivity index (χ3n) is 6.34. The van der Waals surface area contributed by atoms with Crippen LogP contribution in [-0.2, 0) is 20.7 Å². The van der Waals surface area contributed by atoms with Gasteiger partial charge in [0.1, 0.15) is 11.8 Å². The fourth-order valence-corrected chi connectivity index (χ4v) is 4.07. The van der Waals surface area contributed by atoms with Crippen molar-refractivity contribution in [3.8, 4) is 5.75 Å². The van der Waals surface area contributed by atoms with Crippen LogP contribution in [0.2, 0.25) is 0 Å². The summed E-state index contributed by atoms with van der Waals surface area (Å²) in [6.45, 7) is 2.22. The summed E-state index contributed by atoms with van der Waals surface area (Å²) in [5, 5.41) is 21.8. The van der Waals surface area contributed by atoms with Crippen LogP contribution in [-0.4, -0.2) is 84.6 Å². The standard InChI is InChI=1S/C32H37N7O6/c1-43-26-14-12-25(13-15-26)35-31-37-30(38-32(39-31)36-27(29(41)42)22-23-8-4-2-5-9-23)34-17-19-45-21-20-44-18-16-33-28(40)24-10-6-3-7-11-24/h2-15,27H,16-22H2,1H3,(H,33,40)(H,41,42)(H3,34,35,36,37,38,39)/t27-/m0/s1. The molecule has 1 aromatic heterocycles. The second-order valence-electron chi connectivity index (χ2n) is 9.66. The van der Waals surface area contributed by atoms with E-state index in [2.05, 4.69) is 36.2 Å². The number of hydrogen-bond donors (Lipinski definition) is 5. The molecule has 13 nitrogen and oxygen atoms in total. The van der Waals surface area contributed by atoms with Crippen molar-refractivity contribution in [1.29, 1.82) is 0 Å². The zero-order chi connectivity index (χ0) is 31.7. The molecule has 3 aromatic carbocycles. The summed E-state index contributed by atoms with van der Waals surface area (Å²) < 4.78 is 16.4. The number of ether oxygens (including phenoxy) is 3. The van der Waals surface area contributed by atoms with Gasteiger partial charge in [-0.3, -0.25) is 4.79 Å². The first-order valence-corrected chi connectivity index (χ1v) is 14.4. The highest BCUT2D eigenvalue weighted by Crippen LogP contribution is 2.20. The molecule has 45 heavy (non-hydrogen) atoms. The first-order valence-electron chi connectivity index (χ1n) is 14.4. The number of carboxylic acid groups (broad SMARTS) is 1. The van der Waals surface area contributed by atoms with E-state index in [1.165, 1.54) is 0 Å². The van der Waals surface area contributed by atoms with Crippen LogP contribution in [0.15, 0.2) is 84.9 Å². The van der Waals surface area contributed by atoms with Crippen molar-refractivity contribution in [2.24, 2.45) is 0 Å². The van der Waals surface area contributed by atoms with Crippen molar-refractivity contribution in [2.45, 2.75) is 12.5 Å². The quantitative estimate of drug-likeness (QED) is 0.0974. The van der Waals surface area contributed by atoms with Crippen molar-refractivity contribution in [3.05, 3.63) is 96.1 Å². The minimum atomic E-state index is -1.03. The van der Waals surface area contributed by atoms with E-state index in [1.807, 2.05) is 60.7 Å². The Morgan fingerprint density at radius 1 is 0.756 bits per heavy atom. The second kappa shape index (κ2) is 17.8. The van der Waals surface area contributed by atoms with Crippen LogP contribution in [0.5, 0.6) is 5.75 Å². The molecule has 0 saturated carbocycles. The summed E-state index contributed by atoms with van der Waals surface area (Å²) in [4.78, 5) is 37.3. The number of rotatable bonds is 19. The Morgan fingerprint density at radius 2 is 1.38 bits per heavy atom. The molecule has 5 N–H and O–H groups in total. The Bertz CT molecular complexity index is 1480. The Labute approximate surface area is 261 Å². The summed E-state index contributed by atoms with van der Waals surface area (Å²) in [6, 6.07) is 24.6. The minimum Gasteiger partial charge on any atom is -0.497 e. The number of amides is 1. The monoisotopic (exact) mass is 615 g/mol. The van der Waals surface area contributed by atoms with E-state index in [1.54, 1.807) is 31.4 Å². The Kier molecular flexibility index (Phi) is 12.9. The van der Waals surface area contributed by atoms with E-state index in [4.69, 9.17) is 14.2 Å². The lowest BCUT2D eigenvalue weighted by Gasteiger charge is -2.16. The van der Waals surface area contributed by atoms with Crippen LogP contribution in [0.1, 0.15) is 15.9 Å². The molecule has 1 atom stereocenters. The van der Waals surface area contributed by atoms with E-state index in [0.717, 1.165) is 5.56 Å². The lowest BCUT2D eigenvalue weighted by Crippen LogP contribution is -2.32. The lowest BCUT2D eigenvalue weighted by molar-refractivity contribution is -0.137. The molecular formula is C32H37N7O6. The van der Waals surface area contributed by atoms with Crippen LogP contribution in [0.3, 0.4) is 0 Å². The number of nitrogens with one attached hydrogen (secondary N) is 4. The third kappa shape index (κ3) is 11.4. The molecule has 0 bridgehead atoms. The average Bonchev–Trinajstić information content (AvgIpc) is 3.06. The molecule has 1 amide bonds. The van der Waals surface area contributed by atoms with E-state index in [9.17, 15) is 14.7 Å². The van der Waals surface area contributed by atoms with Gasteiger partial charge in [-0.25, -0.2) is 4.79 Å². The van der Waals surface area contributed by atoms with Crippen molar-refractivity contribution >= 4 is 35.4 Å². The number of aromatic nitrogens is 3. The van der Waals surface area contributed by atoms with E-state index >= 15 is 0 Å². The Morgan fingerprint density at radius 3 is 2.04 bits per heavy atom. The van der Waals surface area contributed by atoms with Crippen LogP contribution in [0, 0.1) is 0 Å². The van der Waals surface area contributed by atoms with E-state index < -0.39 is 12.0 Å². The van der Waals surface area contributed by atoms with Crippen molar-refractivity contribution in [2.75, 3.05) is 62.6 Å². The Balaban J connectivity index is 1.26. The van der Waals surface area contributed by atoms with Gasteiger partial charge in [0.25, 0.3) is 5.91 Å². The summed E-state index contributed by atoms with van der Waals surface area (Å²) in [5.74, 6) is 0.0776. The first kappa shape index (κ1) is 32.6. The minimum absolute atomic E-state index is 0.0977. The third-order valence-corrected chi connectivity index (χ3v) is 6.34. The molecule has 0 aliphatic heterocycles. The van der Waals surface area contributed by atoms with Gasteiger partial charge in [0.2, 0.25) is 17.8 Å². The van der Waals surface area contributed by atoms with Gasteiger partial charge in [0.15, 0.2) is 0 Å². The molecule has 0 unspecified atom stereocenters. The highest BCUT2D eigenvalue weighted by atomic mass is 16.5. The zero-order valence-corrected chi connectivity index (χ0v) is 24.9. The summed E-state index contributed by atoms with van der Waals surface area (Å²) in [5.41, 5.74) is 2.17. The summed E-state index contributed by atoms with van der Waals surface area (Å²) >= 11 is 0. The summed E-state index contributed by atoms with van der Waals surface area (Å²) in [6.07, 6.45) is 0.237. The molecule has 0 fully saturated rings. The van der Waals surface area contributed by atoms with E-state index in [-0.39, 0.29) is 30.2 Å². The number of carboxylic acids is 1. The molecular weight excluding hydrogens is 578 g/mol. The maximum atomic E-state index is 12.1. The number of carbonyl (C=O) groups is 2. The molecule has 0 aliphatic rings. The zero-order valence-electron chi connectivity index (χ0n) is 24.9. The first-order chi connectivity index (χ1) is 22.0. The van der Waals surface area contributed by atoms with Gasteiger partial charge in [-0.15, -0.1) is 0 Å². The van der Waals surface area contributed by atoms with Gasteiger partial charge in [-0.1, -0.05) is 48.5 Å².